The molecular formula is C38H34Cl2FN3O3. The summed E-state index contributed by atoms with van der Waals surface area (Å²) in [7, 11) is 0. The van der Waals surface area contributed by atoms with Crippen molar-refractivity contribution in [1.29, 1.82) is 0 Å². The number of carbonyl (C=O) groups is 2. The number of fused-ring (bicyclic) bond motifs is 5. The molecule has 1 aliphatic carbocycles. The highest BCUT2D eigenvalue weighted by molar-refractivity contribution is 6.31. The second-order valence-electron chi connectivity index (χ2n) is 14.1. The van der Waals surface area contributed by atoms with Crippen molar-refractivity contribution < 1.29 is 18.7 Å². The molecule has 4 aliphatic rings. The number of anilines is 1. The number of hydrogen-bond acceptors (Lipinski definition) is 5. The molecule has 2 saturated heterocycles. The van der Waals surface area contributed by atoms with Gasteiger partial charge < -0.3 is 10.1 Å². The molecule has 47 heavy (non-hydrogen) atoms. The lowest BCUT2D eigenvalue weighted by Gasteiger charge is -2.57. The van der Waals surface area contributed by atoms with Gasteiger partial charge in [0.15, 0.2) is 0 Å². The van der Waals surface area contributed by atoms with Crippen LogP contribution in [0.5, 0.6) is 0 Å². The first-order valence-corrected chi connectivity index (χ1v) is 16.9. The summed E-state index contributed by atoms with van der Waals surface area (Å²) in [5.41, 5.74) is 0.230. The lowest BCUT2D eigenvalue weighted by Crippen LogP contribution is -2.64. The van der Waals surface area contributed by atoms with Gasteiger partial charge in [-0.05, 0) is 59.9 Å². The number of benzene rings is 3. The van der Waals surface area contributed by atoms with E-state index in [-0.39, 0.29) is 27.1 Å². The van der Waals surface area contributed by atoms with Crippen LogP contribution in [0.15, 0.2) is 91.0 Å². The topological polar surface area (TPSA) is 71.5 Å². The SMILES string of the molecule is CC1(C)CCC2(CC1)N1[C@H](c3ccccc3)C(c3ccccc3)OC(=O)[C@H]1[C@H](c1cccc(Cl)c1F)[C@@]21C(=O)Nc2nc(Cl)ccc21. The molecule has 0 bridgehead atoms. The van der Waals surface area contributed by atoms with E-state index in [4.69, 9.17) is 27.9 Å². The van der Waals surface area contributed by atoms with E-state index in [0.717, 1.165) is 24.0 Å². The number of ether oxygens (including phenoxy) is 1. The van der Waals surface area contributed by atoms with Crippen LogP contribution in [-0.4, -0.2) is 33.3 Å². The summed E-state index contributed by atoms with van der Waals surface area (Å²) in [6.45, 7) is 4.48. The Labute approximate surface area is 283 Å². The predicted molar refractivity (Wildman–Crippen MR) is 179 cm³/mol. The van der Waals surface area contributed by atoms with Gasteiger partial charge in [-0.1, -0.05) is 116 Å². The van der Waals surface area contributed by atoms with Crippen LogP contribution >= 0.6 is 23.2 Å². The molecule has 3 aliphatic heterocycles. The number of cyclic esters (lactones) is 1. The molecule has 1 saturated carbocycles. The van der Waals surface area contributed by atoms with Crippen molar-refractivity contribution in [3.63, 3.8) is 0 Å². The van der Waals surface area contributed by atoms with Gasteiger partial charge in [0.2, 0.25) is 5.91 Å². The van der Waals surface area contributed by atoms with Crippen molar-refractivity contribution in [2.24, 2.45) is 5.41 Å². The van der Waals surface area contributed by atoms with E-state index in [1.54, 1.807) is 18.2 Å². The highest BCUT2D eigenvalue weighted by atomic mass is 35.5. The predicted octanol–water partition coefficient (Wildman–Crippen LogP) is 8.56. The minimum atomic E-state index is -1.43. The first kappa shape index (κ1) is 30.5. The summed E-state index contributed by atoms with van der Waals surface area (Å²) >= 11 is 12.9. The number of pyridine rings is 1. The number of esters is 1. The monoisotopic (exact) mass is 669 g/mol. The Balaban J connectivity index is 1.49. The molecule has 9 heteroatoms. The molecule has 1 amide bonds. The summed E-state index contributed by atoms with van der Waals surface area (Å²) in [5.74, 6) is -2.12. The molecule has 2 spiro atoms. The molecule has 0 radical (unpaired) electrons. The summed E-state index contributed by atoms with van der Waals surface area (Å²) < 4.78 is 23.0. The number of rotatable bonds is 3. The fraction of sp³-hybridized carbons (Fsp3) is 0.342. The lowest BCUT2D eigenvalue weighted by atomic mass is 9.53. The largest absolute Gasteiger partial charge is 0.454 e. The van der Waals surface area contributed by atoms with Gasteiger partial charge >= 0.3 is 5.97 Å². The zero-order valence-corrected chi connectivity index (χ0v) is 27.6. The zero-order valence-electron chi connectivity index (χ0n) is 26.1. The number of halogens is 3. The van der Waals surface area contributed by atoms with E-state index in [2.05, 4.69) is 29.0 Å². The number of amides is 1. The number of morpholine rings is 1. The maximum absolute atomic E-state index is 16.5. The van der Waals surface area contributed by atoms with E-state index in [1.807, 2.05) is 66.7 Å². The van der Waals surface area contributed by atoms with Crippen molar-refractivity contribution in [3.8, 4) is 0 Å². The maximum atomic E-state index is 16.5. The van der Waals surface area contributed by atoms with E-state index < -0.39 is 46.8 Å². The zero-order chi connectivity index (χ0) is 32.7. The number of carbonyl (C=O) groups excluding carboxylic acids is 2. The van der Waals surface area contributed by atoms with Gasteiger partial charge in [-0.2, -0.15) is 0 Å². The van der Waals surface area contributed by atoms with E-state index in [0.29, 0.717) is 24.2 Å². The number of nitrogens with one attached hydrogen (secondary N) is 1. The second kappa shape index (κ2) is 10.9. The maximum Gasteiger partial charge on any atom is 0.324 e. The van der Waals surface area contributed by atoms with Crippen LogP contribution in [-0.2, 0) is 19.7 Å². The third-order valence-electron chi connectivity index (χ3n) is 11.3. The van der Waals surface area contributed by atoms with E-state index in [1.165, 1.54) is 6.07 Å². The second-order valence-corrected chi connectivity index (χ2v) is 14.9. The normalized spacial score (nSPS) is 29.0. The van der Waals surface area contributed by atoms with Gasteiger partial charge in [0.1, 0.15) is 34.3 Å². The van der Waals surface area contributed by atoms with E-state index in [9.17, 15) is 4.79 Å². The van der Waals surface area contributed by atoms with Gasteiger partial charge in [0.05, 0.1) is 11.1 Å². The summed E-state index contributed by atoms with van der Waals surface area (Å²) in [6.07, 6.45) is 2.07. The quantitative estimate of drug-likeness (QED) is 0.175. The number of hydrogen-bond donors (Lipinski definition) is 1. The van der Waals surface area contributed by atoms with Crippen LogP contribution < -0.4 is 5.32 Å². The van der Waals surface area contributed by atoms with Crippen molar-refractivity contribution in [1.82, 2.24) is 9.88 Å². The molecule has 5 atom stereocenters. The van der Waals surface area contributed by atoms with Gasteiger partial charge in [0, 0.05) is 17.0 Å². The Morgan fingerprint density at radius 2 is 1.49 bits per heavy atom. The summed E-state index contributed by atoms with van der Waals surface area (Å²) in [4.78, 5) is 36.7. The third-order valence-corrected chi connectivity index (χ3v) is 11.8. The van der Waals surface area contributed by atoms with Crippen LogP contribution in [0, 0.1) is 11.2 Å². The van der Waals surface area contributed by atoms with Crippen LogP contribution in [0.1, 0.15) is 79.8 Å². The lowest BCUT2D eigenvalue weighted by molar-refractivity contribution is -0.184. The van der Waals surface area contributed by atoms with Gasteiger partial charge in [-0.3, -0.25) is 14.5 Å². The first-order valence-electron chi connectivity index (χ1n) is 16.1. The average molecular weight is 671 g/mol. The highest BCUT2D eigenvalue weighted by Gasteiger charge is 2.79. The van der Waals surface area contributed by atoms with Gasteiger partial charge in [-0.25, -0.2) is 9.37 Å². The van der Waals surface area contributed by atoms with Crippen molar-refractivity contribution >= 4 is 40.9 Å². The number of nitrogens with zero attached hydrogens (tertiary/aromatic N) is 2. The Kier molecular flexibility index (Phi) is 7.07. The minimum absolute atomic E-state index is 0.00510. The Bertz CT molecular complexity index is 1900. The molecule has 1 N–H and O–H groups in total. The number of aromatic nitrogens is 1. The molecule has 4 aromatic rings. The van der Waals surface area contributed by atoms with E-state index >= 15 is 9.18 Å². The molecule has 240 valence electrons. The fourth-order valence-corrected chi connectivity index (χ4v) is 9.56. The molecular weight excluding hydrogens is 636 g/mol. The van der Waals surface area contributed by atoms with Gasteiger partial charge in [0.25, 0.3) is 0 Å². The Morgan fingerprint density at radius 3 is 2.17 bits per heavy atom. The fourth-order valence-electron chi connectivity index (χ4n) is 9.23. The molecule has 1 aromatic heterocycles. The summed E-state index contributed by atoms with van der Waals surface area (Å²) in [5, 5.41) is 3.20. The molecule has 3 fully saturated rings. The Hall–Kier alpha value is -3.78. The molecule has 6 nitrogen and oxygen atoms in total. The molecule has 3 aromatic carbocycles. The standard InChI is InChI=1S/C38H34Cl2FN3O3/c1-36(2)18-20-37(21-19-36)38(25-16-17-27(40)42-33(25)43-35(38)46)28(24-14-9-15-26(39)29(24)41)31-34(45)47-32(23-12-7-4-8-13-23)30(44(31)37)22-10-5-3-6-11-22/h3-17,28,30-32H,18-21H2,1-2H3,(H,42,43,46)/t28-,30+,31+,32?,38-/m0/s1. The van der Waals surface area contributed by atoms with Gasteiger partial charge in [-0.15, -0.1) is 0 Å². The van der Waals surface area contributed by atoms with Crippen LogP contribution in [0.4, 0.5) is 10.2 Å². The van der Waals surface area contributed by atoms with Crippen LogP contribution in [0.2, 0.25) is 10.2 Å². The molecule has 1 unspecified atom stereocenters. The minimum Gasteiger partial charge on any atom is -0.454 e. The van der Waals surface area contributed by atoms with Crippen molar-refractivity contribution in [3.05, 3.63) is 129 Å². The molecule has 8 rings (SSSR count). The Morgan fingerprint density at radius 1 is 0.830 bits per heavy atom. The average Bonchev–Trinajstić information content (AvgIpc) is 3.50. The van der Waals surface area contributed by atoms with Crippen LogP contribution in [0.25, 0.3) is 0 Å². The first-order chi connectivity index (χ1) is 22.6. The molecule has 4 heterocycles. The van der Waals surface area contributed by atoms with Crippen molar-refractivity contribution in [2.45, 2.75) is 74.6 Å². The summed E-state index contributed by atoms with van der Waals surface area (Å²) in [6, 6.07) is 26.5. The van der Waals surface area contributed by atoms with Crippen LogP contribution in [0.3, 0.4) is 0 Å². The smallest absolute Gasteiger partial charge is 0.324 e. The highest BCUT2D eigenvalue weighted by Crippen LogP contribution is 2.70. The third kappa shape index (κ3) is 4.29. The van der Waals surface area contributed by atoms with Crippen molar-refractivity contribution in [2.75, 3.05) is 5.32 Å².